The molecular formula is C18H19FN4O4. The summed E-state index contributed by atoms with van der Waals surface area (Å²) in [6.07, 6.45) is -0.212. The first-order chi connectivity index (χ1) is 12.9. The highest BCUT2D eigenvalue weighted by Crippen LogP contribution is 2.29. The first kappa shape index (κ1) is 17.6. The summed E-state index contributed by atoms with van der Waals surface area (Å²) in [5, 5.41) is 8.38. The van der Waals surface area contributed by atoms with Crippen molar-refractivity contribution in [3.63, 3.8) is 0 Å². The molecule has 3 aliphatic rings. The van der Waals surface area contributed by atoms with Crippen molar-refractivity contribution in [1.29, 1.82) is 0 Å². The van der Waals surface area contributed by atoms with Gasteiger partial charge in [0.25, 0.3) is 11.8 Å². The molecule has 4 amide bonds. The van der Waals surface area contributed by atoms with Gasteiger partial charge in [0.1, 0.15) is 12.2 Å². The van der Waals surface area contributed by atoms with Crippen LogP contribution >= 0.6 is 0 Å². The number of amides is 4. The van der Waals surface area contributed by atoms with Gasteiger partial charge < -0.3 is 10.6 Å². The highest BCUT2D eigenvalue weighted by atomic mass is 19.1. The van der Waals surface area contributed by atoms with E-state index in [2.05, 4.69) is 16.0 Å². The number of carbonyl (C=O) groups excluding carboxylic acids is 4. The number of carbonyl (C=O) groups is 4. The smallest absolute Gasteiger partial charge is 0.262 e. The second-order valence-electron chi connectivity index (χ2n) is 7.03. The Balaban J connectivity index is 1.49. The van der Waals surface area contributed by atoms with Gasteiger partial charge in [-0.05, 0) is 31.0 Å². The third kappa shape index (κ3) is 3.18. The minimum atomic E-state index is -0.976. The Kier molecular flexibility index (Phi) is 4.39. The normalized spacial score (nSPS) is 27.7. The molecule has 0 aliphatic carbocycles. The van der Waals surface area contributed by atoms with Gasteiger partial charge in [0.2, 0.25) is 11.8 Å². The van der Waals surface area contributed by atoms with E-state index in [0.717, 1.165) is 4.90 Å². The van der Waals surface area contributed by atoms with Gasteiger partial charge in [0.05, 0.1) is 11.1 Å². The summed E-state index contributed by atoms with van der Waals surface area (Å²) < 4.78 is 13.2. The van der Waals surface area contributed by atoms with Gasteiger partial charge in [-0.3, -0.25) is 29.4 Å². The summed E-state index contributed by atoms with van der Waals surface area (Å²) in [5.74, 6) is -2.12. The van der Waals surface area contributed by atoms with Crippen LogP contribution in [0.15, 0.2) is 18.2 Å². The van der Waals surface area contributed by atoms with E-state index >= 15 is 0 Å². The van der Waals surface area contributed by atoms with Crippen LogP contribution in [0.5, 0.6) is 0 Å². The lowest BCUT2D eigenvalue weighted by atomic mass is 10.0. The monoisotopic (exact) mass is 374 g/mol. The summed E-state index contributed by atoms with van der Waals surface area (Å²) in [6, 6.07) is 3.83. The van der Waals surface area contributed by atoms with E-state index in [1.165, 1.54) is 0 Å². The van der Waals surface area contributed by atoms with Crippen LogP contribution in [-0.2, 0) is 9.59 Å². The third-order valence-electron chi connectivity index (χ3n) is 5.16. The molecule has 4 rings (SSSR count). The summed E-state index contributed by atoms with van der Waals surface area (Å²) >= 11 is 0. The Labute approximate surface area is 154 Å². The van der Waals surface area contributed by atoms with Crippen molar-refractivity contribution < 1.29 is 23.6 Å². The fraction of sp³-hybridized carbons (Fsp3) is 0.444. The highest BCUT2D eigenvalue weighted by molar-refractivity contribution is 6.23. The van der Waals surface area contributed by atoms with Crippen molar-refractivity contribution in [3.8, 4) is 0 Å². The molecule has 1 unspecified atom stereocenters. The van der Waals surface area contributed by atoms with Crippen molar-refractivity contribution in [3.05, 3.63) is 29.3 Å². The van der Waals surface area contributed by atoms with Crippen molar-refractivity contribution in [1.82, 2.24) is 15.5 Å². The fourth-order valence-corrected chi connectivity index (χ4v) is 3.75. The molecule has 9 heteroatoms. The van der Waals surface area contributed by atoms with Gasteiger partial charge in [0, 0.05) is 31.2 Å². The van der Waals surface area contributed by atoms with Gasteiger partial charge in [-0.15, -0.1) is 0 Å². The molecule has 8 nitrogen and oxygen atoms in total. The van der Waals surface area contributed by atoms with Crippen LogP contribution in [-0.4, -0.2) is 59.9 Å². The average molecular weight is 374 g/mol. The molecule has 3 heterocycles. The Morgan fingerprint density at radius 2 is 1.93 bits per heavy atom. The van der Waals surface area contributed by atoms with Crippen LogP contribution in [0.25, 0.3) is 0 Å². The molecule has 0 aromatic heterocycles. The summed E-state index contributed by atoms with van der Waals surface area (Å²) in [7, 11) is 0. The quantitative estimate of drug-likeness (QED) is 0.650. The molecule has 0 saturated carbocycles. The van der Waals surface area contributed by atoms with Gasteiger partial charge in [-0.2, -0.15) is 0 Å². The number of alkyl halides is 1. The van der Waals surface area contributed by atoms with E-state index in [9.17, 15) is 23.6 Å². The highest BCUT2D eigenvalue weighted by Gasteiger charge is 2.44. The van der Waals surface area contributed by atoms with E-state index in [4.69, 9.17) is 0 Å². The topological polar surface area (TPSA) is 108 Å². The maximum atomic E-state index is 13.2. The summed E-state index contributed by atoms with van der Waals surface area (Å²) in [6.45, 7) is 0.836. The van der Waals surface area contributed by atoms with Crippen molar-refractivity contribution >= 4 is 29.3 Å². The maximum Gasteiger partial charge on any atom is 0.262 e. The zero-order valence-electron chi connectivity index (χ0n) is 14.5. The summed E-state index contributed by atoms with van der Waals surface area (Å²) in [5.41, 5.74) is 1.10. The molecule has 2 saturated heterocycles. The number of nitrogens with zero attached hydrogens (tertiary/aromatic N) is 1. The fourth-order valence-electron chi connectivity index (χ4n) is 3.75. The standard InChI is InChI=1S/C18H19FN4O4/c19-9-5-11(20-7-9)8-21-10-1-2-12-13(6-10)18(27)23(17(12)26)14-3-4-15(24)22-16(14)25/h1-2,6,9,11,14,20-21H,3-5,7-8H2,(H,22,24,25)/t9-,11-,14?/m0/s1. The Bertz CT molecular complexity index is 843. The van der Waals surface area contributed by atoms with Crippen LogP contribution < -0.4 is 16.0 Å². The zero-order valence-corrected chi connectivity index (χ0v) is 14.5. The van der Waals surface area contributed by atoms with Crippen LogP contribution in [0, 0.1) is 0 Å². The van der Waals surface area contributed by atoms with E-state index in [-0.39, 0.29) is 30.0 Å². The van der Waals surface area contributed by atoms with Crippen LogP contribution in [0.2, 0.25) is 0 Å². The second-order valence-corrected chi connectivity index (χ2v) is 7.03. The number of imide groups is 2. The molecule has 3 atom stereocenters. The third-order valence-corrected chi connectivity index (χ3v) is 5.16. The van der Waals surface area contributed by atoms with Gasteiger partial charge >= 0.3 is 0 Å². The Hall–Kier alpha value is -2.81. The number of hydrogen-bond donors (Lipinski definition) is 3. The zero-order chi connectivity index (χ0) is 19.1. The molecule has 142 valence electrons. The van der Waals surface area contributed by atoms with Crippen molar-refractivity contribution in [2.45, 2.75) is 37.5 Å². The number of rotatable bonds is 4. The molecule has 1 aromatic carbocycles. The molecule has 2 fully saturated rings. The molecule has 0 spiro atoms. The van der Waals surface area contributed by atoms with Crippen molar-refractivity contribution in [2.24, 2.45) is 0 Å². The molecule has 27 heavy (non-hydrogen) atoms. The molecule has 3 N–H and O–H groups in total. The number of benzene rings is 1. The van der Waals surface area contributed by atoms with Gasteiger partial charge in [-0.25, -0.2) is 4.39 Å². The molecule has 3 aliphatic heterocycles. The van der Waals surface area contributed by atoms with E-state index < -0.39 is 35.8 Å². The molecule has 0 radical (unpaired) electrons. The Morgan fingerprint density at radius 3 is 2.63 bits per heavy atom. The van der Waals surface area contributed by atoms with Crippen LogP contribution in [0.1, 0.15) is 40.0 Å². The Morgan fingerprint density at radius 1 is 1.15 bits per heavy atom. The lowest BCUT2D eigenvalue weighted by molar-refractivity contribution is -0.136. The van der Waals surface area contributed by atoms with Gasteiger partial charge in [-0.1, -0.05) is 0 Å². The summed E-state index contributed by atoms with van der Waals surface area (Å²) in [4.78, 5) is 49.6. The number of halogens is 1. The number of anilines is 1. The number of hydrogen-bond acceptors (Lipinski definition) is 6. The lowest BCUT2D eigenvalue weighted by Crippen LogP contribution is -2.54. The number of nitrogens with one attached hydrogen (secondary N) is 3. The van der Waals surface area contributed by atoms with E-state index in [1.54, 1.807) is 18.2 Å². The second kappa shape index (κ2) is 6.73. The van der Waals surface area contributed by atoms with Gasteiger partial charge in [0.15, 0.2) is 0 Å². The first-order valence-electron chi connectivity index (χ1n) is 8.91. The average Bonchev–Trinajstić information content (AvgIpc) is 3.16. The molecular weight excluding hydrogens is 355 g/mol. The predicted molar refractivity (Wildman–Crippen MR) is 92.9 cm³/mol. The van der Waals surface area contributed by atoms with E-state index in [0.29, 0.717) is 25.2 Å². The van der Waals surface area contributed by atoms with Crippen LogP contribution in [0.4, 0.5) is 10.1 Å². The number of piperidine rings is 1. The van der Waals surface area contributed by atoms with Crippen LogP contribution in [0.3, 0.4) is 0 Å². The number of fused-ring (bicyclic) bond motifs is 1. The first-order valence-corrected chi connectivity index (χ1v) is 8.91. The minimum absolute atomic E-state index is 0.00515. The van der Waals surface area contributed by atoms with E-state index in [1.807, 2.05) is 0 Å². The molecule has 1 aromatic rings. The minimum Gasteiger partial charge on any atom is -0.383 e. The predicted octanol–water partition coefficient (Wildman–Crippen LogP) is 0.200. The largest absolute Gasteiger partial charge is 0.383 e. The molecule has 0 bridgehead atoms. The SMILES string of the molecule is O=C1CCC(N2C(=O)c3ccc(NC[C@@H]4C[C@H](F)CN4)cc3C2=O)C(=O)N1. The lowest BCUT2D eigenvalue weighted by Gasteiger charge is -2.27. The van der Waals surface area contributed by atoms with Crippen molar-refractivity contribution in [2.75, 3.05) is 18.4 Å². The maximum absolute atomic E-state index is 13.2.